The van der Waals surface area contributed by atoms with Crippen LogP contribution in [0.1, 0.15) is 5.56 Å². The van der Waals surface area contributed by atoms with E-state index in [-0.39, 0.29) is 12.4 Å². The molecule has 0 amide bonds. The molecule has 4 rings (SSSR count). The van der Waals surface area contributed by atoms with Gasteiger partial charge in [0.25, 0.3) is 0 Å². The van der Waals surface area contributed by atoms with Crippen LogP contribution in [0.25, 0.3) is 0 Å². The standard InChI is InChI=1S/C25H23NP.ClH/c1-4-12-23(13-5-1)27(24-14-6-2-7-15-24,25-16-8-3-9-17-25)20-18-22-11-10-19-26-21-22;/h1-17,19,21H,18,20H2;1H/q+1;/p-1. The smallest absolute Gasteiger partial charge is 0.112 e. The molecule has 0 atom stereocenters. The van der Waals surface area contributed by atoms with E-state index in [9.17, 15) is 0 Å². The summed E-state index contributed by atoms with van der Waals surface area (Å²) in [5.74, 6) is 0. The molecule has 0 radical (unpaired) electrons. The number of nitrogens with zero attached hydrogens (tertiary/aromatic N) is 1. The van der Waals surface area contributed by atoms with Crippen LogP contribution in [0.5, 0.6) is 0 Å². The SMILES string of the molecule is [Cl-].c1ccc([P+](CCc2cccnc2)(c2ccccc2)c2ccccc2)cc1. The second-order valence-electron chi connectivity index (χ2n) is 6.65. The molecule has 28 heavy (non-hydrogen) atoms. The molecule has 0 unspecified atom stereocenters. The molecule has 0 aliphatic rings. The Morgan fingerprint density at radius 3 is 1.43 bits per heavy atom. The maximum Gasteiger partial charge on any atom is 0.112 e. The van der Waals surface area contributed by atoms with Crippen molar-refractivity contribution in [2.75, 3.05) is 6.16 Å². The quantitative estimate of drug-likeness (QED) is 0.446. The number of halogens is 1. The minimum atomic E-state index is -1.75. The Morgan fingerprint density at radius 2 is 1.04 bits per heavy atom. The Balaban J connectivity index is 0.00000225. The van der Waals surface area contributed by atoms with E-state index < -0.39 is 7.26 Å². The van der Waals surface area contributed by atoms with Gasteiger partial charge in [-0.25, -0.2) is 0 Å². The van der Waals surface area contributed by atoms with Gasteiger partial charge in [-0.1, -0.05) is 60.7 Å². The Kier molecular flexibility index (Phi) is 6.98. The third kappa shape index (κ3) is 4.17. The summed E-state index contributed by atoms with van der Waals surface area (Å²) in [6.45, 7) is 0. The molecular weight excluding hydrogens is 381 g/mol. The van der Waals surface area contributed by atoms with E-state index in [1.54, 1.807) is 0 Å². The van der Waals surface area contributed by atoms with Crippen molar-refractivity contribution in [3.63, 3.8) is 0 Å². The zero-order chi connectivity index (χ0) is 18.4. The van der Waals surface area contributed by atoms with E-state index in [1.807, 2.05) is 18.5 Å². The highest BCUT2D eigenvalue weighted by Crippen LogP contribution is 2.55. The molecule has 1 nitrogen and oxygen atoms in total. The summed E-state index contributed by atoms with van der Waals surface area (Å²) in [7, 11) is -1.75. The Morgan fingerprint density at radius 1 is 0.571 bits per heavy atom. The third-order valence-electron chi connectivity index (χ3n) is 5.05. The molecule has 3 aromatic carbocycles. The fourth-order valence-corrected chi connectivity index (χ4v) is 8.03. The minimum Gasteiger partial charge on any atom is -1.00 e. The minimum absolute atomic E-state index is 0. The normalized spacial score (nSPS) is 10.9. The zero-order valence-electron chi connectivity index (χ0n) is 15.7. The fraction of sp³-hybridized carbons (Fsp3) is 0.0800. The average Bonchev–Trinajstić information content (AvgIpc) is 2.77. The average molecular weight is 404 g/mol. The van der Waals surface area contributed by atoms with Crippen molar-refractivity contribution in [3.05, 3.63) is 121 Å². The van der Waals surface area contributed by atoms with Crippen LogP contribution in [0.3, 0.4) is 0 Å². The van der Waals surface area contributed by atoms with E-state index in [1.165, 1.54) is 21.5 Å². The van der Waals surface area contributed by atoms with Crippen molar-refractivity contribution in [2.45, 2.75) is 6.42 Å². The monoisotopic (exact) mass is 403 g/mol. The molecule has 0 saturated carbocycles. The van der Waals surface area contributed by atoms with Crippen molar-refractivity contribution in [3.8, 4) is 0 Å². The number of rotatable bonds is 6. The van der Waals surface area contributed by atoms with Crippen LogP contribution in [0.4, 0.5) is 0 Å². The molecule has 140 valence electrons. The van der Waals surface area contributed by atoms with Gasteiger partial charge in [0.2, 0.25) is 0 Å². The predicted molar refractivity (Wildman–Crippen MR) is 118 cm³/mol. The van der Waals surface area contributed by atoms with Gasteiger partial charge in [0.05, 0.1) is 6.16 Å². The first-order chi connectivity index (χ1) is 13.4. The van der Waals surface area contributed by atoms with Crippen LogP contribution in [-0.2, 0) is 6.42 Å². The lowest BCUT2D eigenvalue weighted by Gasteiger charge is -2.27. The van der Waals surface area contributed by atoms with E-state index in [2.05, 4.69) is 102 Å². The summed E-state index contributed by atoms with van der Waals surface area (Å²) in [6.07, 6.45) is 5.95. The number of pyridine rings is 1. The Bertz CT molecular complexity index is 864. The number of benzene rings is 3. The lowest BCUT2D eigenvalue weighted by atomic mass is 10.2. The summed E-state index contributed by atoms with van der Waals surface area (Å²) in [6, 6.07) is 37.3. The summed E-state index contributed by atoms with van der Waals surface area (Å²) >= 11 is 0. The molecule has 3 heteroatoms. The molecule has 0 aliphatic carbocycles. The molecule has 0 aliphatic heterocycles. The van der Waals surface area contributed by atoms with Crippen LogP contribution >= 0.6 is 7.26 Å². The van der Waals surface area contributed by atoms with E-state index in [0.29, 0.717) is 0 Å². The van der Waals surface area contributed by atoms with Crippen LogP contribution < -0.4 is 28.3 Å². The highest BCUT2D eigenvalue weighted by Gasteiger charge is 2.44. The maximum absolute atomic E-state index is 4.32. The first-order valence-corrected chi connectivity index (χ1v) is 11.3. The third-order valence-corrected chi connectivity index (χ3v) is 9.48. The number of aryl methyl sites for hydroxylation is 1. The summed E-state index contributed by atoms with van der Waals surface area (Å²) in [5.41, 5.74) is 1.30. The fourth-order valence-electron chi connectivity index (χ4n) is 3.72. The molecule has 1 heterocycles. The number of aromatic nitrogens is 1. The lowest BCUT2D eigenvalue weighted by Crippen LogP contribution is -3.00. The van der Waals surface area contributed by atoms with Gasteiger partial charge in [-0.2, -0.15) is 0 Å². The number of hydrogen-bond donors (Lipinski definition) is 0. The van der Waals surface area contributed by atoms with Gasteiger partial charge in [0, 0.05) is 18.8 Å². The largest absolute Gasteiger partial charge is 1.00 e. The second-order valence-corrected chi connectivity index (χ2v) is 10.3. The van der Waals surface area contributed by atoms with Crippen molar-refractivity contribution in [1.29, 1.82) is 0 Å². The van der Waals surface area contributed by atoms with E-state index >= 15 is 0 Å². The maximum atomic E-state index is 4.32. The number of hydrogen-bond acceptors (Lipinski definition) is 1. The van der Waals surface area contributed by atoms with Gasteiger partial charge in [-0.05, 0) is 48.0 Å². The zero-order valence-corrected chi connectivity index (χ0v) is 17.3. The molecular formula is C25H23ClNP. The Labute approximate surface area is 174 Å². The molecule has 0 spiro atoms. The highest BCUT2D eigenvalue weighted by molar-refractivity contribution is 7.95. The first kappa shape index (κ1) is 20.3. The first-order valence-electron chi connectivity index (χ1n) is 9.33. The van der Waals surface area contributed by atoms with Crippen LogP contribution in [0.15, 0.2) is 116 Å². The van der Waals surface area contributed by atoms with E-state index in [4.69, 9.17) is 0 Å². The van der Waals surface area contributed by atoms with Gasteiger partial charge in [-0.3, -0.25) is 4.98 Å². The summed E-state index contributed by atoms with van der Waals surface area (Å²) in [4.78, 5) is 4.32. The van der Waals surface area contributed by atoms with Crippen LogP contribution in [0.2, 0.25) is 0 Å². The van der Waals surface area contributed by atoms with Crippen molar-refractivity contribution in [1.82, 2.24) is 4.98 Å². The van der Waals surface area contributed by atoms with Gasteiger partial charge in [0.15, 0.2) is 0 Å². The van der Waals surface area contributed by atoms with Gasteiger partial charge >= 0.3 is 0 Å². The molecule has 0 N–H and O–H groups in total. The van der Waals surface area contributed by atoms with Gasteiger partial charge in [-0.15, -0.1) is 0 Å². The Hall–Kier alpha value is -2.47. The van der Waals surface area contributed by atoms with E-state index in [0.717, 1.165) is 12.6 Å². The topological polar surface area (TPSA) is 12.9 Å². The van der Waals surface area contributed by atoms with Crippen molar-refractivity contribution >= 4 is 23.2 Å². The second kappa shape index (κ2) is 9.64. The van der Waals surface area contributed by atoms with Crippen molar-refractivity contribution < 1.29 is 12.4 Å². The molecule has 4 aromatic rings. The molecule has 0 saturated heterocycles. The van der Waals surface area contributed by atoms with Gasteiger partial charge < -0.3 is 12.4 Å². The molecule has 0 fully saturated rings. The summed E-state index contributed by atoms with van der Waals surface area (Å²) < 4.78 is 0. The molecule has 0 bridgehead atoms. The van der Waals surface area contributed by atoms with Crippen LogP contribution in [0, 0.1) is 0 Å². The highest BCUT2D eigenvalue weighted by atomic mass is 35.5. The van der Waals surface area contributed by atoms with Crippen molar-refractivity contribution in [2.24, 2.45) is 0 Å². The van der Waals surface area contributed by atoms with Gasteiger partial charge in [0.1, 0.15) is 23.2 Å². The predicted octanol–water partition coefficient (Wildman–Crippen LogP) is 1.62. The van der Waals surface area contributed by atoms with Crippen LogP contribution in [-0.4, -0.2) is 11.1 Å². The molecule has 1 aromatic heterocycles. The lowest BCUT2D eigenvalue weighted by molar-refractivity contribution is -0.00000527. The summed E-state index contributed by atoms with van der Waals surface area (Å²) in [5, 5.41) is 4.31.